The summed E-state index contributed by atoms with van der Waals surface area (Å²) in [5, 5.41) is 0. The van der Waals surface area contributed by atoms with Gasteiger partial charge in [-0.05, 0) is 31.4 Å². The molecule has 1 aliphatic rings. The van der Waals surface area contributed by atoms with E-state index in [-0.39, 0.29) is 36.0 Å². The van der Waals surface area contributed by atoms with Gasteiger partial charge in [-0.15, -0.1) is 24.0 Å². The molecule has 118 valence electrons. The van der Waals surface area contributed by atoms with Crippen molar-refractivity contribution >= 4 is 29.9 Å². The zero-order chi connectivity index (χ0) is 14.4. The molecule has 1 fully saturated rings. The third kappa shape index (κ3) is 5.41. The zero-order valence-corrected chi connectivity index (χ0v) is 14.4. The highest BCUT2D eigenvalue weighted by molar-refractivity contribution is 14.0. The fourth-order valence-corrected chi connectivity index (χ4v) is 2.45. The lowest BCUT2D eigenvalue weighted by molar-refractivity contribution is 0.428. The molecule has 2 rings (SSSR count). The van der Waals surface area contributed by atoms with Gasteiger partial charge in [-0.3, -0.25) is 4.99 Å². The fraction of sp³-hybridized carbons (Fsp3) is 0.533. The molecule has 1 saturated heterocycles. The lowest BCUT2D eigenvalue weighted by Crippen LogP contribution is -2.38. The molecule has 0 saturated carbocycles. The molecule has 0 bridgehead atoms. The molecule has 1 heterocycles. The quantitative estimate of drug-likeness (QED) is 0.473. The van der Waals surface area contributed by atoms with Crippen LogP contribution in [0.4, 0.5) is 8.78 Å². The average Bonchev–Trinajstić information content (AvgIpc) is 2.71. The Morgan fingerprint density at radius 2 is 1.67 bits per heavy atom. The van der Waals surface area contributed by atoms with Gasteiger partial charge in [0.1, 0.15) is 11.6 Å². The summed E-state index contributed by atoms with van der Waals surface area (Å²) in [5.41, 5.74) is 6.03. The van der Waals surface area contributed by atoms with Crippen molar-refractivity contribution < 1.29 is 8.78 Å². The molecule has 0 aliphatic carbocycles. The van der Waals surface area contributed by atoms with Gasteiger partial charge in [0.2, 0.25) is 0 Å². The van der Waals surface area contributed by atoms with Gasteiger partial charge in [0, 0.05) is 25.2 Å². The Morgan fingerprint density at radius 1 is 1.10 bits per heavy atom. The number of benzene rings is 1. The van der Waals surface area contributed by atoms with Crippen LogP contribution in [0, 0.1) is 11.6 Å². The third-order valence-corrected chi connectivity index (χ3v) is 3.63. The molecule has 1 aromatic rings. The van der Waals surface area contributed by atoms with Crippen molar-refractivity contribution in [1.29, 1.82) is 0 Å². The van der Waals surface area contributed by atoms with Crippen LogP contribution in [0.3, 0.4) is 0 Å². The monoisotopic (exact) mass is 409 g/mol. The maximum atomic E-state index is 13.5. The van der Waals surface area contributed by atoms with E-state index < -0.39 is 11.6 Å². The average molecular weight is 409 g/mol. The predicted octanol–water partition coefficient (Wildman–Crippen LogP) is 3.32. The number of hydrogen-bond acceptors (Lipinski definition) is 1. The Balaban J connectivity index is 0.00000220. The van der Waals surface area contributed by atoms with Gasteiger partial charge in [-0.2, -0.15) is 0 Å². The minimum atomic E-state index is -0.520. The maximum absolute atomic E-state index is 13.5. The summed E-state index contributed by atoms with van der Waals surface area (Å²) in [6.45, 7) is 2.15. The van der Waals surface area contributed by atoms with Crippen LogP contribution in [-0.2, 0) is 6.42 Å². The second-order valence-corrected chi connectivity index (χ2v) is 5.09. The lowest BCUT2D eigenvalue weighted by Gasteiger charge is -2.21. The van der Waals surface area contributed by atoms with E-state index in [0.29, 0.717) is 12.5 Å². The fourth-order valence-electron chi connectivity index (χ4n) is 2.45. The van der Waals surface area contributed by atoms with Crippen LogP contribution in [0.15, 0.2) is 23.2 Å². The second kappa shape index (κ2) is 9.17. The molecule has 21 heavy (non-hydrogen) atoms. The molecule has 0 spiro atoms. The van der Waals surface area contributed by atoms with E-state index in [1.807, 2.05) is 0 Å². The van der Waals surface area contributed by atoms with Gasteiger partial charge in [0.25, 0.3) is 0 Å². The highest BCUT2D eigenvalue weighted by Gasteiger charge is 2.11. The highest BCUT2D eigenvalue weighted by atomic mass is 127. The van der Waals surface area contributed by atoms with E-state index in [1.54, 1.807) is 0 Å². The number of halogens is 3. The molecule has 1 aliphatic heterocycles. The summed E-state index contributed by atoms with van der Waals surface area (Å²) in [7, 11) is 0. The molecule has 1 aromatic carbocycles. The first kappa shape index (κ1) is 18.1. The first-order chi connectivity index (χ1) is 9.68. The summed E-state index contributed by atoms with van der Waals surface area (Å²) < 4.78 is 26.9. The standard InChI is InChI=1S/C15H21F2N3.HI/c16-13-6-5-7-14(17)12(13)8-9-19-15(18)20-10-3-1-2-4-11-20;/h5-7H,1-4,8-11H2,(H2,18,19);1H. The van der Waals surface area contributed by atoms with E-state index in [0.717, 1.165) is 25.9 Å². The second-order valence-electron chi connectivity index (χ2n) is 5.09. The van der Waals surface area contributed by atoms with Gasteiger partial charge in [-0.1, -0.05) is 18.9 Å². The van der Waals surface area contributed by atoms with Crippen molar-refractivity contribution in [2.75, 3.05) is 19.6 Å². The van der Waals surface area contributed by atoms with Crippen molar-refractivity contribution in [2.45, 2.75) is 32.1 Å². The summed E-state index contributed by atoms with van der Waals surface area (Å²) in [5.74, 6) is -0.550. The van der Waals surface area contributed by atoms with Crippen molar-refractivity contribution in [2.24, 2.45) is 10.7 Å². The number of nitrogens with two attached hydrogens (primary N) is 1. The maximum Gasteiger partial charge on any atom is 0.191 e. The van der Waals surface area contributed by atoms with Crippen molar-refractivity contribution in [1.82, 2.24) is 4.90 Å². The minimum absolute atomic E-state index is 0. The third-order valence-electron chi connectivity index (χ3n) is 3.63. The van der Waals surface area contributed by atoms with Crippen molar-refractivity contribution in [3.8, 4) is 0 Å². The Labute approximate surface area is 141 Å². The van der Waals surface area contributed by atoms with Crippen LogP contribution in [-0.4, -0.2) is 30.5 Å². The van der Waals surface area contributed by atoms with E-state index in [2.05, 4.69) is 9.89 Å². The molecular weight excluding hydrogens is 387 g/mol. The summed E-state index contributed by atoms with van der Waals surface area (Å²) in [4.78, 5) is 6.31. The Hall–Kier alpha value is -0.920. The number of rotatable bonds is 3. The molecule has 0 unspecified atom stereocenters. The van der Waals surface area contributed by atoms with E-state index in [4.69, 9.17) is 5.73 Å². The van der Waals surface area contributed by atoms with Gasteiger partial charge in [0.15, 0.2) is 5.96 Å². The van der Waals surface area contributed by atoms with Crippen molar-refractivity contribution in [3.63, 3.8) is 0 Å². The lowest BCUT2D eigenvalue weighted by atomic mass is 10.1. The number of nitrogens with zero attached hydrogens (tertiary/aromatic N) is 2. The number of aliphatic imine (C=N–C) groups is 1. The summed E-state index contributed by atoms with van der Waals surface area (Å²) in [6.07, 6.45) is 4.93. The first-order valence-electron chi connectivity index (χ1n) is 7.16. The summed E-state index contributed by atoms with van der Waals surface area (Å²) >= 11 is 0. The normalized spacial score (nSPS) is 16.3. The van der Waals surface area contributed by atoms with Gasteiger partial charge in [0.05, 0.1) is 0 Å². The first-order valence-corrected chi connectivity index (χ1v) is 7.16. The predicted molar refractivity (Wildman–Crippen MR) is 92.0 cm³/mol. The molecular formula is C15H22F2IN3. The Morgan fingerprint density at radius 3 is 2.24 bits per heavy atom. The minimum Gasteiger partial charge on any atom is -0.370 e. The largest absolute Gasteiger partial charge is 0.370 e. The molecule has 3 nitrogen and oxygen atoms in total. The zero-order valence-electron chi connectivity index (χ0n) is 12.0. The molecule has 6 heteroatoms. The van der Waals surface area contributed by atoms with E-state index in [9.17, 15) is 8.78 Å². The molecule has 0 radical (unpaired) electrons. The van der Waals surface area contributed by atoms with Crippen LogP contribution in [0.25, 0.3) is 0 Å². The van der Waals surface area contributed by atoms with Crippen molar-refractivity contribution in [3.05, 3.63) is 35.4 Å². The number of hydrogen-bond donors (Lipinski definition) is 1. The SMILES string of the molecule is I.NC(=NCCc1c(F)cccc1F)N1CCCCCC1. The van der Waals surface area contributed by atoms with E-state index >= 15 is 0 Å². The van der Waals surface area contributed by atoms with Crippen LogP contribution in [0.1, 0.15) is 31.2 Å². The van der Waals surface area contributed by atoms with E-state index in [1.165, 1.54) is 31.0 Å². The van der Waals surface area contributed by atoms with Gasteiger partial charge < -0.3 is 10.6 Å². The molecule has 0 atom stereocenters. The molecule has 2 N–H and O–H groups in total. The Bertz CT molecular complexity index is 452. The van der Waals surface area contributed by atoms with Gasteiger partial charge in [-0.25, -0.2) is 8.78 Å². The number of likely N-dealkylation sites (tertiary alicyclic amines) is 1. The Kier molecular flexibility index (Phi) is 7.92. The van der Waals surface area contributed by atoms with Crippen LogP contribution >= 0.6 is 24.0 Å². The number of guanidine groups is 1. The summed E-state index contributed by atoms with van der Waals surface area (Å²) in [6, 6.07) is 3.89. The highest BCUT2D eigenvalue weighted by Crippen LogP contribution is 2.13. The van der Waals surface area contributed by atoms with Crippen LogP contribution < -0.4 is 5.73 Å². The smallest absolute Gasteiger partial charge is 0.191 e. The topological polar surface area (TPSA) is 41.6 Å². The van der Waals surface area contributed by atoms with Crippen LogP contribution in [0.5, 0.6) is 0 Å². The van der Waals surface area contributed by atoms with Crippen LogP contribution in [0.2, 0.25) is 0 Å². The van der Waals surface area contributed by atoms with Gasteiger partial charge >= 0.3 is 0 Å². The molecule has 0 aromatic heterocycles. The molecule has 0 amide bonds.